The highest BCUT2D eigenvalue weighted by atomic mass is 16.4. The maximum Gasteiger partial charge on any atom is 0.328 e. The second-order valence-corrected chi connectivity index (χ2v) is 3.95. The van der Waals surface area contributed by atoms with Crippen molar-refractivity contribution in [2.45, 2.75) is 26.3 Å². The van der Waals surface area contributed by atoms with E-state index in [0.29, 0.717) is 18.1 Å². The van der Waals surface area contributed by atoms with Gasteiger partial charge in [0.05, 0.1) is 6.54 Å². The van der Waals surface area contributed by atoms with Crippen molar-refractivity contribution in [3.63, 3.8) is 0 Å². The van der Waals surface area contributed by atoms with Crippen LogP contribution in [0.15, 0.2) is 18.3 Å². The third-order valence-electron chi connectivity index (χ3n) is 2.49. The summed E-state index contributed by atoms with van der Waals surface area (Å²) in [5.41, 5.74) is 0.695. The standard InChI is InChI=1S/C13H16N2O4/c1-2-3-8-15-10(4-6-12(16)17)9-14-11(15)5-7-13(18)19/h4-7,9H,2-3,8H2,1H3,(H2,16,17,18,19)/p+1. The van der Waals surface area contributed by atoms with Gasteiger partial charge in [0.15, 0.2) is 5.69 Å². The molecule has 0 bridgehead atoms. The van der Waals surface area contributed by atoms with E-state index in [1.54, 1.807) is 6.20 Å². The minimum atomic E-state index is -1.03. The van der Waals surface area contributed by atoms with E-state index in [9.17, 15) is 9.59 Å². The lowest BCUT2D eigenvalue weighted by molar-refractivity contribution is -0.699. The van der Waals surface area contributed by atoms with Crippen LogP contribution in [0.1, 0.15) is 31.3 Å². The number of carboxylic acids is 2. The fraction of sp³-hybridized carbons (Fsp3) is 0.308. The third kappa shape index (κ3) is 4.79. The van der Waals surface area contributed by atoms with Gasteiger partial charge in [-0.25, -0.2) is 19.1 Å². The number of aromatic nitrogens is 2. The zero-order valence-electron chi connectivity index (χ0n) is 10.7. The van der Waals surface area contributed by atoms with Crippen LogP contribution < -0.4 is 4.57 Å². The molecule has 0 fully saturated rings. The van der Waals surface area contributed by atoms with E-state index in [2.05, 4.69) is 4.98 Å². The topological polar surface area (TPSA) is 94.3 Å². The van der Waals surface area contributed by atoms with Gasteiger partial charge in [0.1, 0.15) is 6.20 Å². The van der Waals surface area contributed by atoms with Crippen molar-refractivity contribution in [3.05, 3.63) is 29.9 Å². The zero-order valence-corrected chi connectivity index (χ0v) is 10.7. The molecular formula is C13H17N2O4+. The summed E-state index contributed by atoms with van der Waals surface area (Å²) in [7, 11) is 0. The number of imidazole rings is 1. The molecule has 6 nitrogen and oxygen atoms in total. The summed E-state index contributed by atoms with van der Waals surface area (Å²) in [4.78, 5) is 24.0. The Kier molecular flexibility index (Phi) is 5.53. The Balaban J connectivity index is 3.03. The molecule has 6 heteroatoms. The fourth-order valence-corrected chi connectivity index (χ4v) is 1.59. The van der Waals surface area contributed by atoms with Gasteiger partial charge < -0.3 is 10.2 Å². The molecule has 0 atom stereocenters. The largest absolute Gasteiger partial charge is 0.478 e. The van der Waals surface area contributed by atoms with Crippen molar-refractivity contribution < 1.29 is 24.4 Å². The van der Waals surface area contributed by atoms with Crippen LogP contribution in [-0.2, 0) is 16.1 Å². The molecule has 3 N–H and O–H groups in total. The molecule has 0 saturated heterocycles. The molecule has 0 aliphatic rings. The normalized spacial score (nSPS) is 11.4. The highest BCUT2D eigenvalue weighted by Crippen LogP contribution is 2.02. The average molecular weight is 265 g/mol. The SMILES string of the molecule is CCCC[n+]1c(C=CC(=O)O)c[nH]c1C=CC(=O)O. The van der Waals surface area contributed by atoms with E-state index in [1.165, 1.54) is 12.2 Å². The Bertz CT molecular complexity index is 473. The Morgan fingerprint density at radius 2 is 1.89 bits per heavy atom. The van der Waals surface area contributed by atoms with E-state index >= 15 is 0 Å². The van der Waals surface area contributed by atoms with E-state index in [4.69, 9.17) is 10.2 Å². The maximum absolute atomic E-state index is 10.5. The Morgan fingerprint density at radius 3 is 2.47 bits per heavy atom. The average Bonchev–Trinajstić information content (AvgIpc) is 2.73. The first-order chi connectivity index (χ1) is 9.04. The first kappa shape index (κ1) is 14.7. The van der Waals surface area contributed by atoms with Crippen molar-refractivity contribution in [1.82, 2.24) is 4.98 Å². The lowest BCUT2D eigenvalue weighted by Crippen LogP contribution is -2.38. The van der Waals surface area contributed by atoms with E-state index in [0.717, 1.165) is 25.0 Å². The first-order valence-corrected chi connectivity index (χ1v) is 5.97. The molecule has 102 valence electrons. The van der Waals surface area contributed by atoms with Crippen molar-refractivity contribution in [1.29, 1.82) is 0 Å². The highest BCUT2D eigenvalue weighted by Gasteiger charge is 2.13. The number of hydrogen-bond donors (Lipinski definition) is 3. The van der Waals surface area contributed by atoms with Crippen molar-refractivity contribution >= 4 is 24.1 Å². The van der Waals surface area contributed by atoms with Crippen LogP contribution in [-0.4, -0.2) is 27.1 Å². The van der Waals surface area contributed by atoms with Gasteiger partial charge in [-0.15, -0.1) is 0 Å². The minimum Gasteiger partial charge on any atom is -0.478 e. The minimum absolute atomic E-state index is 0.626. The molecule has 0 unspecified atom stereocenters. The lowest BCUT2D eigenvalue weighted by atomic mass is 10.3. The maximum atomic E-state index is 10.5. The van der Waals surface area contributed by atoms with Gasteiger partial charge in [0.25, 0.3) is 5.82 Å². The van der Waals surface area contributed by atoms with Crippen LogP contribution in [0.3, 0.4) is 0 Å². The van der Waals surface area contributed by atoms with Gasteiger partial charge >= 0.3 is 11.9 Å². The van der Waals surface area contributed by atoms with Crippen LogP contribution in [0.25, 0.3) is 12.2 Å². The summed E-state index contributed by atoms with van der Waals surface area (Å²) in [5, 5.41) is 17.2. The van der Waals surface area contributed by atoms with Crippen molar-refractivity contribution in [3.8, 4) is 0 Å². The van der Waals surface area contributed by atoms with Crippen LogP contribution in [0, 0.1) is 0 Å². The van der Waals surface area contributed by atoms with Crippen LogP contribution in [0.4, 0.5) is 0 Å². The Hall–Kier alpha value is -2.37. The van der Waals surface area contributed by atoms with Gasteiger partial charge in [-0.1, -0.05) is 13.3 Å². The second-order valence-electron chi connectivity index (χ2n) is 3.95. The lowest BCUT2D eigenvalue weighted by Gasteiger charge is -1.99. The number of nitrogens with one attached hydrogen (secondary N) is 1. The fourth-order valence-electron chi connectivity index (χ4n) is 1.59. The predicted octanol–water partition coefficient (Wildman–Crippen LogP) is 1.30. The Labute approximate surface area is 110 Å². The van der Waals surface area contributed by atoms with E-state index in [1.807, 2.05) is 11.5 Å². The molecule has 1 aromatic rings. The molecule has 1 rings (SSSR count). The summed E-state index contributed by atoms with van der Waals surface area (Å²) < 4.78 is 1.85. The van der Waals surface area contributed by atoms with Gasteiger partial charge in [0, 0.05) is 18.2 Å². The first-order valence-electron chi connectivity index (χ1n) is 5.97. The number of carbonyl (C=O) groups is 2. The van der Waals surface area contributed by atoms with Gasteiger partial charge in [-0.3, -0.25) is 0 Å². The van der Waals surface area contributed by atoms with Gasteiger partial charge in [-0.2, -0.15) is 0 Å². The van der Waals surface area contributed by atoms with Gasteiger partial charge in [-0.05, 0) is 12.5 Å². The monoisotopic (exact) mass is 265 g/mol. The summed E-state index contributed by atoms with van der Waals surface area (Å²) in [6, 6.07) is 0. The van der Waals surface area contributed by atoms with Crippen LogP contribution in [0.5, 0.6) is 0 Å². The van der Waals surface area contributed by atoms with Crippen molar-refractivity contribution in [2.24, 2.45) is 0 Å². The molecule has 0 aliphatic heterocycles. The van der Waals surface area contributed by atoms with E-state index in [-0.39, 0.29) is 0 Å². The van der Waals surface area contributed by atoms with Gasteiger partial charge in [0.2, 0.25) is 0 Å². The molecule has 0 radical (unpaired) electrons. The summed E-state index contributed by atoms with van der Waals surface area (Å²) in [5.74, 6) is -1.42. The smallest absolute Gasteiger partial charge is 0.328 e. The summed E-state index contributed by atoms with van der Waals surface area (Å²) >= 11 is 0. The number of nitrogens with zero attached hydrogens (tertiary/aromatic N) is 1. The second kappa shape index (κ2) is 7.15. The summed E-state index contributed by atoms with van der Waals surface area (Å²) in [6.07, 6.45) is 8.58. The number of unbranched alkanes of at least 4 members (excludes halogenated alkanes) is 1. The number of carboxylic acid groups (broad SMARTS) is 2. The van der Waals surface area contributed by atoms with Crippen molar-refractivity contribution in [2.75, 3.05) is 0 Å². The van der Waals surface area contributed by atoms with E-state index < -0.39 is 11.9 Å². The molecule has 0 aliphatic carbocycles. The molecule has 1 aromatic heterocycles. The third-order valence-corrected chi connectivity index (χ3v) is 2.49. The zero-order chi connectivity index (χ0) is 14.3. The van der Waals surface area contributed by atoms with Crippen LogP contribution >= 0.6 is 0 Å². The molecule has 0 aromatic carbocycles. The quantitative estimate of drug-likeness (QED) is 0.511. The molecule has 1 heterocycles. The summed E-state index contributed by atoms with van der Waals surface area (Å²) in [6.45, 7) is 2.74. The molecule has 0 spiro atoms. The van der Waals surface area contributed by atoms with Crippen LogP contribution in [0.2, 0.25) is 0 Å². The molecule has 0 amide bonds. The number of hydrogen-bond acceptors (Lipinski definition) is 2. The number of rotatable bonds is 7. The molecule has 19 heavy (non-hydrogen) atoms. The Morgan fingerprint density at radius 1 is 1.26 bits per heavy atom. The number of H-pyrrole nitrogens is 1. The highest BCUT2D eigenvalue weighted by molar-refractivity contribution is 5.85. The number of aliphatic carboxylic acids is 2. The molecular weight excluding hydrogens is 248 g/mol. The molecule has 0 saturated carbocycles. The number of aromatic amines is 1. The predicted molar refractivity (Wildman–Crippen MR) is 69.2 cm³/mol.